The van der Waals surface area contributed by atoms with Gasteiger partial charge in [0, 0.05) is 5.56 Å². The number of para-hydroxylation sites is 1. The van der Waals surface area contributed by atoms with E-state index in [1.54, 1.807) is 6.07 Å². The number of aromatic nitrogens is 2. The van der Waals surface area contributed by atoms with Gasteiger partial charge in [0.2, 0.25) is 0 Å². The fourth-order valence-corrected chi connectivity index (χ4v) is 2.75. The van der Waals surface area contributed by atoms with Crippen LogP contribution in [0.2, 0.25) is 0 Å². The Morgan fingerprint density at radius 2 is 1.79 bits per heavy atom. The second kappa shape index (κ2) is 9.54. The third kappa shape index (κ3) is 5.01. The van der Waals surface area contributed by atoms with Gasteiger partial charge in [0.1, 0.15) is 17.2 Å². The van der Waals surface area contributed by atoms with Crippen molar-refractivity contribution < 1.29 is 14.3 Å². The maximum Gasteiger partial charge on any atom is 0.289 e. The molecule has 0 aliphatic rings. The number of hydrogen-bond donors (Lipinski definition) is 2. The summed E-state index contributed by atoms with van der Waals surface area (Å²) in [6.45, 7) is 6.85. The molecule has 1 aromatic heterocycles. The molecular formula is C22H24N4O3. The maximum atomic E-state index is 12.4. The highest BCUT2D eigenvalue weighted by Crippen LogP contribution is 2.28. The third-order valence-corrected chi connectivity index (χ3v) is 4.19. The summed E-state index contributed by atoms with van der Waals surface area (Å²) >= 11 is 0. The SMILES string of the molecule is CCOc1ccc(/C(C)=N\NC(=O)c2cc(-c3ccccc3OCC)n[nH]2)cc1. The normalized spacial score (nSPS) is 11.2. The Bertz CT molecular complexity index is 993. The van der Waals surface area contributed by atoms with E-state index in [9.17, 15) is 4.79 Å². The molecule has 0 atom stereocenters. The van der Waals surface area contributed by atoms with Crippen LogP contribution in [0.3, 0.4) is 0 Å². The first-order valence-corrected chi connectivity index (χ1v) is 9.47. The summed E-state index contributed by atoms with van der Waals surface area (Å²) in [5.41, 5.74) is 5.90. The Morgan fingerprint density at radius 1 is 1.07 bits per heavy atom. The van der Waals surface area contributed by atoms with Gasteiger partial charge in [-0.1, -0.05) is 12.1 Å². The van der Waals surface area contributed by atoms with Crippen LogP contribution in [0.4, 0.5) is 0 Å². The Kier molecular flexibility index (Phi) is 6.63. The number of carbonyl (C=O) groups is 1. The molecule has 0 saturated carbocycles. The van der Waals surface area contributed by atoms with Crippen LogP contribution >= 0.6 is 0 Å². The van der Waals surface area contributed by atoms with Crippen molar-refractivity contribution in [1.29, 1.82) is 0 Å². The Labute approximate surface area is 169 Å². The number of rotatable bonds is 8. The minimum atomic E-state index is -0.372. The molecule has 3 aromatic rings. The lowest BCUT2D eigenvalue weighted by Gasteiger charge is -2.07. The van der Waals surface area contributed by atoms with E-state index >= 15 is 0 Å². The van der Waals surface area contributed by atoms with E-state index in [1.165, 1.54) is 0 Å². The number of ether oxygens (including phenoxy) is 2. The first-order valence-electron chi connectivity index (χ1n) is 9.47. The topological polar surface area (TPSA) is 88.6 Å². The van der Waals surface area contributed by atoms with Crippen molar-refractivity contribution in [2.75, 3.05) is 13.2 Å². The molecule has 7 nitrogen and oxygen atoms in total. The number of hydrogen-bond acceptors (Lipinski definition) is 5. The molecule has 29 heavy (non-hydrogen) atoms. The standard InChI is InChI=1S/C22H24N4O3/c1-4-28-17-12-10-16(11-13-17)15(3)23-26-22(27)20-14-19(24-25-20)18-8-6-7-9-21(18)29-5-2/h6-14H,4-5H2,1-3H3,(H,24,25)(H,26,27)/b23-15-. The van der Waals surface area contributed by atoms with Gasteiger partial charge in [-0.25, -0.2) is 5.43 Å². The monoisotopic (exact) mass is 392 g/mol. The van der Waals surface area contributed by atoms with E-state index < -0.39 is 0 Å². The van der Waals surface area contributed by atoms with Crippen LogP contribution in [0, 0.1) is 0 Å². The van der Waals surface area contributed by atoms with Gasteiger partial charge in [0.15, 0.2) is 0 Å². The van der Waals surface area contributed by atoms with Gasteiger partial charge in [-0.3, -0.25) is 9.89 Å². The van der Waals surface area contributed by atoms with Crippen molar-refractivity contribution in [3.63, 3.8) is 0 Å². The number of nitrogens with zero attached hydrogens (tertiary/aromatic N) is 2. The maximum absolute atomic E-state index is 12.4. The van der Waals surface area contributed by atoms with Gasteiger partial charge in [-0.05, 0) is 68.8 Å². The number of nitrogens with one attached hydrogen (secondary N) is 2. The van der Waals surface area contributed by atoms with E-state index in [1.807, 2.05) is 69.3 Å². The Hall–Kier alpha value is -3.61. The summed E-state index contributed by atoms with van der Waals surface area (Å²) in [5, 5.41) is 11.2. The van der Waals surface area contributed by atoms with Gasteiger partial charge < -0.3 is 9.47 Å². The number of carbonyl (C=O) groups excluding carboxylic acids is 1. The van der Waals surface area contributed by atoms with Crippen LogP contribution < -0.4 is 14.9 Å². The number of benzene rings is 2. The highest BCUT2D eigenvalue weighted by Gasteiger charge is 2.13. The highest BCUT2D eigenvalue weighted by molar-refractivity contribution is 6.00. The molecule has 7 heteroatoms. The summed E-state index contributed by atoms with van der Waals surface area (Å²) in [6, 6.07) is 16.8. The molecule has 0 bridgehead atoms. The minimum Gasteiger partial charge on any atom is -0.494 e. The second-order valence-electron chi connectivity index (χ2n) is 6.19. The molecule has 2 aromatic carbocycles. The lowest BCUT2D eigenvalue weighted by Crippen LogP contribution is -2.19. The predicted molar refractivity (Wildman–Crippen MR) is 112 cm³/mol. The number of aromatic amines is 1. The van der Waals surface area contributed by atoms with Crippen molar-refractivity contribution >= 4 is 11.6 Å². The van der Waals surface area contributed by atoms with Gasteiger partial charge in [0.25, 0.3) is 5.91 Å². The second-order valence-corrected chi connectivity index (χ2v) is 6.19. The lowest BCUT2D eigenvalue weighted by atomic mass is 10.1. The van der Waals surface area contributed by atoms with Gasteiger partial charge in [-0.15, -0.1) is 0 Å². The zero-order chi connectivity index (χ0) is 20.6. The molecule has 150 valence electrons. The largest absolute Gasteiger partial charge is 0.494 e. The van der Waals surface area contributed by atoms with Crippen LogP contribution in [0.25, 0.3) is 11.3 Å². The predicted octanol–water partition coefficient (Wildman–Crippen LogP) is 4.03. The van der Waals surface area contributed by atoms with E-state index in [0.717, 1.165) is 22.6 Å². The number of hydrazone groups is 1. The summed E-state index contributed by atoms with van der Waals surface area (Å²) in [5.74, 6) is 1.14. The summed E-state index contributed by atoms with van der Waals surface area (Å²) in [4.78, 5) is 12.4. The van der Waals surface area contributed by atoms with Gasteiger partial charge in [-0.2, -0.15) is 10.2 Å². The van der Waals surface area contributed by atoms with Crippen LogP contribution in [-0.2, 0) is 0 Å². The van der Waals surface area contributed by atoms with Crippen LogP contribution in [0.1, 0.15) is 36.8 Å². The summed E-state index contributed by atoms with van der Waals surface area (Å²) in [7, 11) is 0. The quantitative estimate of drug-likeness (QED) is 0.447. The van der Waals surface area contributed by atoms with Crippen molar-refractivity contribution in [3.05, 3.63) is 65.9 Å². The van der Waals surface area contributed by atoms with Crippen molar-refractivity contribution in [1.82, 2.24) is 15.6 Å². The molecule has 2 N–H and O–H groups in total. The van der Waals surface area contributed by atoms with Crippen molar-refractivity contribution in [2.24, 2.45) is 5.10 Å². The molecule has 0 unspecified atom stereocenters. The smallest absolute Gasteiger partial charge is 0.289 e. The zero-order valence-corrected chi connectivity index (χ0v) is 16.7. The summed E-state index contributed by atoms with van der Waals surface area (Å²) in [6.07, 6.45) is 0. The first-order chi connectivity index (χ1) is 14.1. The first kappa shape index (κ1) is 20.1. The molecule has 0 radical (unpaired) electrons. The Morgan fingerprint density at radius 3 is 2.52 bits per heavy atom. The van der Waals surface area contributed by atoms with Crippen molar-refractivity contribution in [3.8, 4) is 22.8 Å². The number of H-pyrrole nitrogens is 1. The average molecular weight is 392 g/mol. The molecule has 1 amide bonds. The minimum absolute atomic E-state index is 0.314. The Balaban J connectivity index is 1.69. The van der Waals surface area contributed by atoms with Crippen LogP contribution in [0.5, 0.6) is 11.5 Å². The lowest BCUT2D eigenvalue weighted by molar-refractivity contribution is 0.0950. The van der Waals surface area contributed by atoms with Crippen molar-refractivity contribution in [2.45, 2.75) is 20.8 Å². The fourth-order valence-electron chi connectivity index (χ4n) is 2.75. The van der Waals surface area contributed by atoms with E-state index in [2.05, 4.69) is 20.7 Å². The van der Waals surface area contributed by atoms with E-state index in [-0.39, 0.29) is 5.91 Å². The molecule has 0 fully saturated rings. The van der Waals surface area contributed by atoms with Gasteiger partial charge >= 0.3 is 0 Å². The molecule has 0 saturated heterocycles. The third-order valence-electron chi connectivity index (χ3n) is 4.19. The molecule has 0 aliphatic carbocycles. The van der Waals surface area contributed by atoms with Crippen LogP contribution in [0.15, 0.2) is 59.7 Å². The zero-order valence-electron chi connectivity index (χ0n) is 16.7. The fraction of sp³-hybridized carbons (Fsp3) is 0.227. The molecule has 3 rings (SSSR count). The molecule has 1 heterocycles. The van der Waals surface area contributed by atoms with E-state index in [0.29, 0.717) is 30.3 Å². The van der Waals surface area contributed by atoms with E-state index in [4.69, 9.17) is 9.47 Å². The average Bonchev–Trinajstić information content (AvgIpc) is 3.23. The highest BCUT2D eigenvalue weighted by atomic mass is 16.5. The number of amides is 1. The van der Waals surface area contributed by atoms with Crippen LogP contribution in [-0.4, -0.2) is 35.0 Å². The molecule has 0 spiro atoms. The molecule has 0 aliphatic heterocycles. The molecular weight excluding hydrogens is 368 g/mol. The van der Waals surface area contributed by atoms with Gasteiger partial charge in [0.05, 0.1) is 24.6 Å². The summed E-state index contributed by atoms with van der Waals surface area (Å²) < 4.78 is 11.1.